The number of aldehydes is 1. The highest BCUT2D eigenvalue weighted by Crippen LogP contribution is 2.14. The van der Waals surface area contributed by atoms with Crippen molar-refractivity contribution in [2.75, 3.05) is 13.2 Å². The largest absolute Gasteiger partial charge is 0.465 e. The highest BCUT2D eigenvalue weighted by molar-refractivity contribution is 5.95. The Labute approximate surface area is 95.1 Å². The molecule has 0 heterocycles. The van der Waals surface area contributed by atoms with Gasteiger partial charge in [0.05, 0.1) is 13.2 Å². The zero-order valence-electron chi connectivity index (χ0n) is 9.89. The predicted molar refractivity (Wildman–Crippen MR) is 56.6 cm³/mol. The van der Waals surface area contributed by atoms with Crippen LogP contribution in [0.25, 0.3) is 0 Å². The Morgan fingerprint density at radius 3 is 1.88 bits per heavy atom. The summed E-state index contributed by atoms with van der Waals surface area (Å²) >= 11 is 0. The van der Waals surface area contributed by atoms with E-state index in [4.69, 9.17) is 9.47 Å². The Balaban J connectivity index is 4.54. The molecule has 0 aromatic rings. The third-order valence-electron chi connectivity index (χ3n) is 1.98. The minimum Gasteiger partial charge on any atom is -0.465 e. The summed E-state index contributed by atoms with van der Waals surface area (Å²) in [6.07, 6.45) is 0.826. The molecule has 5 heteroatoms. The normalized spacial score (nSPS) is 12.0. The van der Waals surface area contributed by atoms with E-state index in [2.05, 4.69) is 0 Å². The molecule has 0 saturated carbocycles. The van der Waals surface area contributed by atoms with Crippen LogP contribution in [0.5, 0.6) is 0 Å². The van der Waals surface area contributed by atoms with Crippen molar-refractivity contribution >= 4 is 18.2 Å². The van der Waals surface area contributed by atoms with Gasteiger partial charge in [0.15, 0.2) is 5.92 Å². The second kappa shape index (κ2) is 7.84. The Morgan fingerprint density at radius 2 is 1.56 bits per heavy atom. The summed E-state index contributed by atoms with van der Waals surface area (Å²) in [4.78, 5) is 33.4. The molecule has 0 aliphatic rings. The maximum absolute atomic E-state index is 11.5. The molecule has 0 spiro atoms. The smallest absolute Gasteiger partial charge is 0.320 e. The number of hydrogen-bond acceptors (Lipinski definition) is 5. The Morgan fingerprint density at radius 1 is 1.12 bits per heavy atom. The molecule has 0 N–H and O–H groups in total. The molecular formula is C11H18O5. The van der Waals surface area contributed by atoms with Crippen molar-refractivity contribution in [1.82, 2.24) is 0 Å². The highest BCUT2D eigenvalue weighted by Gasteiger charge is 2.30. The van der Waals surface area contributed by atoms with Crippen molar-refractivity contribution in [3.05, 3.63) is 0 Å². The molecule has 0 aromatic carbocycles. The van der Waals surface area contributed by atoms with Crippen LogP contribution >= 0.6 is 0 Å². The number of esters is 2. The summed E-state index contributed by atoms with van der Waals surface area (Å²) in [6, 6.07) is 0. The minimum atomic E-state index is -1.000. The van der Waals surface area contributed by atoms with Crippen LogP contribution in [0.4, 0.5) is 0 Å². The van der Waals surface area contributed by atoms with Crippen molar-refractivity contribution in [2.45, 2.75) is 27.2 Å². The molecule has 1 atom stereocenters. The molecule has 16 heavy (non-hydrogen) atoms. The van der Waals surface area contributed by atoms with Crippen LogP contribution in [-0.2, 0) is 23.9 Å². The fraction of sp³-hybridized carbons (Fsp3) is 0.727. The number of ether oxygens (including phenoxy) is 2. The van der Waals surface area contributed by atoms with Gasteiger partial charge in [-0.2, -0.15) is 0 Å². The molecule has 0 aliphatic heterocycles. The van der Waals surface area contributed by atoms with Crippen LogP contribution in [0.2, 0.25) is 0 Å². The second-order valence-corrected chi connectivity index (χ2v) is 3.41. The maximum atomic E-state index is 11.5. The molecule has 0 aromatic heterocycles. The van der Waals surface area contributed by atoms with Crippen LogP contribution in [0.15, 0.2) is 0 Å². The molecule has 92 valence electrons. The van der Waals surface area contributed by atoms with E-state index in [0.717, 1.165) is 0 Å². The van der Waals surface area contributed by atoms with E-state index in [1.54, 1.807) is 20.8 Å². The van der Waals surface area contributed by atoms with Gasteiger partial charge in [-0.25, -0.2) is 0 Å². The van der Waals surface area contributed by atoms with Crippen molar-refractivity contribution < 1.29 is 23.9 Å². The average Bonchev–Trinajstić information content (AvgIpc) is 2.25. The Kier molecular flexibility index (Phi) is 7.16. The van der Waals surface area contributed by atoms with Crippen LogP contribution < -0.4 is 0 Å². The first-order valence-corrected chi connectivity index (χ1v) is 5.35. The lowest BCUT2D eigenvalue weighted by Gasteiger charge is -2.15. The molecular weight excluding hydrogens is 212 g/mol. The van der Waals surface area contributed by atoms with Crippen molar-refractivity contribution in [3.63, 3.8) is 0 Å². The van der Waals surface area contributed by atoms with E-state index in [9.17, 15) is 14.4 Å². The zero-order chi connectivity index (χ0) is 12.6. The van der Waals surface area contributed by atoms with Crippen LogP contribution in [0.3, 0.4) is 0 Å². The van der Waals surface area contributed by atoms with Crippen molar-refractivity contribution in [1.29, 1.82) is 0 Å². The lowest BCUT2D eigenvalue weighted by molar-refractivity contribution is -0.162. The molecule has 0 bridgehead atoms. The monoisotopic (exact) mass is 230 g/mol. The average molecular weight is 230 g/mol. The van der Waals surface area contributed by atoms with Gasteiger partial charge in [-0.15, -0.1) is 0 Å². The number of rotatable bonds is 7. The quantitative estimate of drug-likeness (QED) is 0.370. The first-order valence-electron chi connectivity index (χ1n) is 5.35. The van der Waals surface area contributed by atoms with Crippen molar-refractivity contribution in [3.8, 4) is 0 Å². The number of carbonyl (C=O) groups is 3. The van der Waals surface area contributed by atoms with Gasteiger partial charge in [0, 0.05) is 5.92 Å². The topological polar surface area (TPSA) is 69.7 Å². The molecule has 0 rings (SSSR count). The summed E-state index contributed by atoms with van der Waals surface area (Å²) in [5, 5.41) is 0. The van der Waals surface area contributed by atoms with E-state index >= 15 is 0 Å². The maximum Gasteiger partial charge on any atom is 0.320 e. The third-order valence-corrected chi connectivity index (χ3v) is 1.98. The Bertz CT molecular complexity index is 231. The standard InChI is InChI=1S/C11H18O5/c1-4-15-10(13)9(6-8(3)7-12)11(14)16-5-2/h7-9H,4-6H2,1-3H3. The molecule has 0 fully saturated rings. The van der Waals surface area contributed by atoms with E-state index < -0.39 is 17.9 Å². The van der Waals surface area contributed by atoms with E-state index in [-0.39, 0.29) is 25.6 Å². The van der Waals surface area contributed by atoms with Gasteiger partial charge in [0.25, 0.3) is 0 Å². The second-order valence-electron chi connectivity index (χ2n) is 3.41. The van der Waals surface area contributed by atoms with Gasteiger partial charge >= 0.3 is 11.9 Å². The van der Waals surface area contributed by atoms with Crippen LogP contribution in [0.1, 0.15) is 27.2 Å². The van der Waals surface area contributed by atoms with Crippen LogP contribution in [-0.4, -0.2) is 31.4 Å². The lowest BCUT2D eigenvalue weighted by Crippen LogP contribution is -2.30. The first kappa shape index (κ1) is 14.6. The fourth-order valence-electron chi connectivity index (χ4n) is 1.20. The van der Waals surface area contributed by atoms with E-state index in [0.29, 0.717) is 6.29 Å². The van der Waals surface area contributed by atoms with Crippen molar-refractivity contribution in [2.24, 2.45) is 11.8 Å². The summed E-state index contributed by atoms with van der Waals surface area (Å²) in [7, 11) is 0. The number of hydrogen-bond donors (Lipinski definition) is 0. The van der Waals surface area contributed by atoms with E-state index in [1.807, 2.05) is 0 Å². The van der Waals surface area contributed by atoms with E-state index in [1.165, 1.54) is 0 Å². The third kappa shape index (κ3) is 4.91. The molecule has 5 nitrogen and oxygen atoms in total. The molecule has 0 aliphatic carbocycles. The molecule has 1 unspecified atom stereocenters. The van der Waals surface area contributed by atoms with Gasteiger partial charge in [0.2, 0.25) is 0 Å². The Hall–Kier alpha value is -1.39. The molecule has 0 saturated heterocycles. The highest BCUT2D eigenvalue weighted by atomic mass is 16.6. The lowest BCUT2D eigenvalue weighted by atomic mass is 9.97. The van der Waals surface area contributed by atoms with Gasteiger partial charge in [0.1, 0.15) is 6.29 Å². The predicted octanol–water partition coefficient (Wildman–Crippen LogP) is 0.954. The van der Waals surface area contributed by atoms with Gasteiger partial charge < -0.3 is 14.3 Å². The fourth-order valence-corrected chi connectivity index (χ4v) is 1.20. The van der Waals surface area contributed by atoms with Gasteiger partial charge in [-0.3, -0.25) is 9.59 Å². The van der Waals surface area contributed by atoms with Gasteiger partial charge in [-0.1, -0.05) is 6.92 Å². The summed E-state index contributed by atoms with van der Waals surface area (Å²) in [6.45, 7) is 5.35. The first-order chi connectivity index (χ1) is 7.56. The minimum absolute atomic E-state index is 0.126. The van der Waals surface area contributed by atoms with Gasteiger partial charge in [-0.05, 0) is 20.3 Å². The number of carbonyl (C=O) groups excluding carboxylic acids is 3. The summed E-state index contributed by atoms with van der Waals surface area (Å²) < 4.78 is 9.52. The summed E-state index contributed by atoms with van der Waals surface area (Å²) in [5.74, 6) is -2.64. The van der Waals surface area contributed by atoms with Crippen LogP contribution in [0, 0.1) is 11.8 Å². The zero-order valence-corrected chi connectivity index (χ0v) is 9.89. The summed E-state index contributed by atoms with van der Waals surface area (Å²) in [5.41, 5.74) is 0. The molecule has 0 radical (unpaired) electrons. The molecule has 0 amide bonds. The SMILES string of the molecule is CCOC(=O)C(CC(C)C=O)C(=O)OCC.